The second kappa shape index (κ2) is 6.80. The van der Waals surface area contributed by atoms with Gasteiger partial charge in [-0.15, -0.1) is 0 Å². The van der Waals surface area contributed by atoms with Crippen LogP contribution < -0.4 is 5.32 Å². The molecule has 0 aromatic carbocycles. The average Bonchev–Trinajstić information content (AvgIpc) is 3.27. The van der Waals surface area contributed by atoms with Gasteiger partial charge in [0, 0.05) is 31.0 Å². The van der Waals surface area contributed by atoms with Gasteiger partial charge in [-0.25, -0.2) is 0 Å². The van der Waals surface area contributed by atoms with Crippen molar-refractivity contribution in [3.05, 3.63) is 47.9 Å². The van der Waals surface area contributed by atoms with Gasteiger partial charge < -0.3 is 19.4 Å². The van der Waals surface area contributed by atoms with E-state index in [1.807, 2.05) is 32.2 Å². The first-order chi connectivity index (χ1) is 11.2. The van der Waals surface area contributed by atoms with Gasteiger partial charge in [-0.05, 0) is 25.5 Å². The van der Waals surface area contributed by atoms with E-state index in [9.17, 15) is 5.11 Å². The monoisotopic (exact) mass is 316 g/mol. The summed E-state index contributed by atoms with van der Waals surface area (Å²) in [6.07, 6.45) is 3.97. The van der Waals surface area contributed by atoms with Crippen LogP contribution in [0.4, 0.5) is 0 Å². The van der Waals surface area contributed by atoms with E-state index in [0.29, 0.717) is 13.0 Å². The molecule has 0 saturated heterocycles. The lowest BCUT2D eigenvalue weighted by Gasteiger charge is -2.14. The molecular formula is C16H20N4O3. The lowest BCUT2D eigenvalue weighted by Crippen LogP contribution is -2.21. The molecule has 3 aromatic heterocycles. The van der Waals surface area contributed by atoms with Crippen LogP contribution in [-0.4, -0.2) is 26.7 Å². The molecule has 7 nitrogen and oxygen atoms in total. The predicted octanol–water partition coefficient (Wildman–Crippen LogP) is 2.19. The Morgan fingerprint density at radius 1 is 1.43 bits per heavy atom. The first-order valence-electron chi connectivity index (χ1n) is 7.51. The number of hydrogen-bond acceptors (Lipinski definition) is 6. The van der Waals surface area contributed by atoms with E-state index >= 15 is 0 Å². The molecule has 122 valence electrons. The summed E-state index contributed by atoms with van der Waals surface area (Å²) in [7, 11) is 1.89. The quantitative estimate of drug-likeness (QED) is 0.694. The van der Waals surface area contributed by atoms with Gasteiger partial charge in [-0.2, -0.15) is 5.10 Å². The van der Waals surface area contributed by atoms with E-state index in [2.05, 4.69) is 15.6 Å². The van der Waals surface area contributed by atoms with Gasteiger partial charge in [-0.1, -0.05) is 5.16 Å². The van der Waals surface area contributed by atoms with Crippen molar-refractivity contribution in [3.8, 4) is 11.3 Å². The summed E-state index contributed by atoms with van der Waals surface area (Å²) in [5.41, 5.74) is 2.76. The first kappa shape index (κ1) is 15.5. The van der Waals surface area contributed by atoms with Crippen molar-refractivity contribution in [2.75, 3.05) is 6.61 Å². The highest BCUT2D eigenvalue weighted by atomic mass is 16.5. The summed E-state index contributed by atoms with van der Waals surface area (Å²) in [5, 5.41) is 20.8. The third-order valence-electron chi connectivity index (χ3n) is 3.90. The molecule has 1 atom stereocenters. The van der Waals surface area contributed by atoms with Gasteiger partial charge in [0.15, 0.2) is 5.76 Å². The van der Waals surface area contributed by atoms with Crippen LogP contribution in [0.2, 0.25) is 0 Å². The van der Waals surface area contributed by atoms with Crippen LogP contribution in [-0.2, 0) is 13.6 Å². The molecule has 0 fully saturated rings. The number of aliphatic hydroxyl groups is 1. The zero-order valence-electron chi connectivity index (χ0n) is 13.2. The van der Waals surface area contributed by atoms with Crippen molar-refractivity contribution < 1.29 is 14.0 Å². The smallest absolute Gasteiger partial charge is 0.151 e. The molecule has 3 rings (SSSR count). The van der Waals surface area contributed by atoms with Crippen molar-refractivity contribution in [2.45, 2.75) is 25.9 Å². The number of aliphatic hydroxyl groups excluding tert-OH is 1. The predicted molar refractivity (Wildman–Crippen MR) is 83.4 cm³/mol. The zero-order valence-corrected chi connectivity index (χ0v) is 13.2. The molecule has 0 amide bonds. The summed E-state index contributed by atoms with van der Waals surface area (Å²) in [4.78, 5) is 0. The van der Waals surface area contributed by atoms with Gasteiger partial charge in [0.1, 0.15) is 11.5 Å². The Morgan fingerprint density at radius 2 is 2.30 bits per heavy atom. The van der Waals surface area contributed by atoms with Crippen LogP contribution in [0.1, 0.15) is 29.7 Å². The van der Waals surface area contributed by atoms with Crippen molar-refractivity contribution >= 4 is 0 Å². The number of aryl methyl sites for hydroxylation is 1. The minimum absolute atomic E-state index is 0.0660. The fourth-order valence-electron chi connectivity index (χ4n) is 2.46. The Morgan fingerprint density at radius 3 is 2.96 bits per heavy atom. The van der Waals surface area contributed by atoms with Gasteiger partial charge in [0.05, 0.1) is 25.0 Å². The lowest BCUT2D eigenvalue weighted by molar-refractivity contribution is 0.250. The molecule has 2 N–H and O–H groups in total. The van der Waals surface area contributed by atoms with Gasteiger partial charge in [-0.3, -0.25) is 4.68 Å². The minimum Gasteiger partial charge on any atom is -0.468 e. The van der Waals surface area contributed by atoms with Crippen LogP contribution >= 0.6 is 0 Å². The molecule has 0 aliphatic heterocycles. The number of nitrogens with zero attached hydrogens (tertiary/aromatic N) is 3. The van der Waals surface area contributed by atoms with Crippen LogP contribution in [0, 0.1) is 6.92 Å². The largest absolute Gasteiger partial charge is 0.468 e. The second-order valence-electron chi connectivity index (χ2n) is 5.41. The SMILES string of the molecule is Cc1c(-c2cc(CNC(CCO)c3ccco3)on2)cnn1C. The molecule has 3 aromatic rings. The molecule has 0 spiro atoms. The van der Waals surface area contributed by atoms with Gasteiger partial charge in [0.25, 0.3) is 0 Å². The van der Waals surface area contributed by atoms with E-state index in [-0.39, 0.29) is 12.6 Å². The topological polar surface area (TPSA) is 89.2 Å². The lowest BCUT2D eigenvalue weighted by atomic mass is 10.1. The fraction of sp³-hybridized carbons (Fsp3) is 0.375. The summed E-state index contributed by atoms with van der Waals surface area (Å²) in [6, 6.07) is 5.55. The summed E-state index contributed by atoms with van der Waals surface area (Å²) >= 11 is 0. The highest BCUT2D eigenvalue weighted by Crippen LogP contribution is 2.23. The maximum absolute atomic E-state index is 9.19. The average molecular weight is 316 g/mol. The molecule has 0 radical (unpaired) electrons. The Balaban J connectivity index is 1.68. The number of hydrogen-bond donors (Lipinski definition) is 2. The van der Waals surface area contributed by atoms with Crippen molar-refractivity contribution in [1.82, 2.24) is 20.3 Å². The molecule has 0 aliphatic rings. The van der Waals surface area contributed by atoms with Crippen LogP contribution in [0.5, 0.6) is 0 Å². The Labute approximate surface area is 133 Å². The summed E-state index contributed by atoms with van der Waals surface area (Å²) in [6.45, 7) is 2.57. The van der Waals surface area contributed by atoms with Gasteiger partial charge >= 0.3 is 0 Å². The third-order valence-corrected chi connectivity index (χ3v) is 3.90. The Hall–Kier alpha value is -2.38. The normalized spacial score (nSPS) is 12.7. The molecule has 1 unspecified atom stereocenters. The molecule has 0 aliphatic carbocycles. The highest BCUT2D eigenvalue weighted by Gasteiger charge is 2.16. The third kappa shape index (κ3) is 3.35. The molecule has 0 bridgehead atoms. The molecular weight excluding hydrogens is 296 g/mol. The second-order valence-corrected chi connectivity index (χ2v) is 5.41. The number of nitrogens with one attached hydrogen (secondary N) is 1. The van der Waals surface area contributed by atoms with Crippen molar-refractivity contribution in [2.24, 2.45) is 7.05 Å². The maximum atomic E-state index is 9.19. The van der Waals surface area contributed by atoms with Crippen LogP contribution in [0.3, 0.4) is 0 Å². The minimum atomic E-state index is -0.0660. The zero-order chi connectivity index (χ0) is 16.2. The molecule has 7 heteroatoms. The maximum Gasteiger partial charge on any atom is 0.151 e. The van der Waals surface area contributed by atoms with E-state index in [1.54, 1.807) is 17.1 Å². The number of furan rings is 1. The molecule has 23 heavy (non-hydrogen) atoms. The van der Waals surface area contributed by atoms with E-state index in [1.165, 1.54) is 0 Å². The standard InChI is InChI=1S/C16H20N4O3/c1-11-13(10-18-20(11)2)15-8-12(23-19-15)9-17-14(5-6-21)16-4-3-7-22-16/h3-4,7-8,10,14,17,21H,5-6,9H2,1-2H3. The van der Waals surface area contributed by atoms with Gasteiger partial charge in [0.2, 0.25) is 0 Å². The van der Waals surface area contributed by atoms with E-state index < -0.39 is 0 Å². The van der Waals surface area contributed by atoms with Crippen molar-refractivity contribution in [3.63, 3.8) is 0 Å². The van der Waals surface area contributed by atoms with Crippen LogP contribution in [0.15, 0.2) is 39.6 Å². The van der Waals surface area contributed by atoms with E-state index in [4.69, 9.17) is 8.94 Å². The Bertz CT molecular complexity index is 745. The summed E-state index contributed by atoms with van der Waals surface area (Å²) < 4.78 is 12.6. The summed E-state index contributed by atoms with van der Waals surface area (Å²) in [5.74, 6) is 1.51. The van der Waals surface area contributed by atoms with Crippen LogP contribution in [0.25, 0.3) is 11.3 Å². The van der Waals surface area contributed by atoms with E-state index in [0.717, 1.165) is 28.5 Å². The first-order valence-corrected chi connectivity index (χ1v) is 7.51. The van der Waals surface area contributed by atoms with Crippen molar-refractivity contribution in [1.29, 1.82) is 0 Å². The highest BCUT2D eigenvalue weighted by molar-refractivity contribution is 5.60. The number of rotatable bonds is 7. The number of aromatic nitrogens is 3. The Kier molecular flexibility index (Phi) is 4.59. The fourth-order valence-corrected chi connectivity index (χ4v) is 2.46. The molecule has 0 saturated carbocycles. The molecule has 3 heterocycles.